The SMILES string of the molecule is O=C(Nc1ccc(C2(C(=O)Nc3ccc(F)cc3)CC(F)(F)C2)cc1)c1cccc(Cl)c1. The molecule has 4 nitrogen and oxygen atoms in total. The molecule has 0 saturated heterocycles. The Bertz CT molecular complexity index is 1160. The summed E-state index contributed by atoms with van der Waals surface area (Å²) in [5, 5.41) is 5.73. The number of rotatable bonds is 5. The molecule has 0 unspecified atom stereocenters. The Balaban J connectivity index is 1.53. The molecule has 32 heavy (non-hydrogen) atoms. The number of carbonyl (C=O) groups excluding carboxylic acids is 2. The van der Waals surface area contributed by atoms with Crippen LogP contribution in [0.2, 0.25) is 5.02 Å². The van der Waals surface area contributed by atoms with Gasteiger partial charge in [-0.2, -0.15) is 0 Å². The van der Waals surface area contributed by atoms with Crippen LogP contribution in [0.25, 0.3) is 0 Å². The van der Waals surface area contributed by atoms with E-state index in [0.717, 1.165) is 0 Å². The zero-order valence-electron chi connectivity index (χ0n) is 16.7. The first-order valence-corrected chi connectivity index (χ1v) is 10.2. The number of hydrogen-bond acceptors (Lipinski definition) is 2. The van der Waals surface area contributed by atoms with Crippen LogP contribution in [0.4, 0.5) is 24.5 Å². The fraction of sp³-hybridized carbons (Fsp3) is 0.167. The minimum atomic E-state index is -2.96. The number of halogens is 4. The fourth-order valence-corrected chi connectivity index (χ4v) is 4.01. The van der Waals surface area contributed by atoms with Gasteiger partial charge in [0, 0.05) is 34.8 Å². The molecule has 1 aliphatic rings. The zero-order valence-corrected chi connectivity index (χ0v) is 17.4. The van der Waals surface area contributed by atoms with E-state index in [1.807, 2.05) is 0 Å². The largest absolute Gasteiger partial charge is 0.325 e. The Hall–Kier alpha value is -3.32. The van der Waals surface area contributed by atoms with E-state index in [-0.39, 0.29) is 5.91 Å². The minimum Gasteiger partial charge on any atom is -0.325 e. The van der Waals surface area contributed by atoms with Crippen molar-refractivity contribution in [3.63, 3.8) is 0 Å². The average Bonchev–Trinajstić information content (AvgIpc) is 2.74. The summed E-state index contributed by atoms with van der Waals surface area (Å²) in [6.45, 7) is 0. The Morgan fingerprint density at radius 3 is 2.03 bits per heavy atom. The predicted octanol–water partition coefficient (Wildman–Crippen LogP) is 6.04. The molecule has 164 valence electrons. The van der Waals surface area contributed by atoms with E-state index in [1.54, 1.807) is 42.5 Å². The molecular weight excluding hydrogens is 441 g/mol. The number of alkyl halides is 2. The molecule has 8 heteroatoms. The van der Waals surface area contributed by atoms with Gasteiger partial charge in [-0.05, 0) is 60.2 Å². The van der Waals surface area contributed by atoms with Crippen molar-refractivity contribution >= 4 is 34.8 Å². The highest BCUT2D eigenvalue weighted by molar-refractivity contribution is 6.31. The maximum Gasteiger partial charge on any atom is 0.255 e. The van der Waals surface area contributed by atoms with Crippen molar-refractivity contribution in [2.45, 2.75) is 24.2 Å². The van der Waals surface area contributed by atoms with Crippen molar-refractivity contribution in [3.05, 3.63) is 94.8 Å². The number of anilines is 2. The molecule has 1 saturated carbocycles. The molecule has 0 heterocycles. The van der Waals surface area contributed by atoms with Gasteiger partial charge in [0.05, 0.1) is 5.41 Å². The fourth-order valence-electron chi connectivity index (χ4n) is 3.82. The molecule has 1 aliphatic carbocycles. The average molecular weight is 459 g/mol. The second-order valence-corrected chi connectivity index (χ2v) is 8.23. The van der Waals surface area contributed by atoms with E-state index >= 15 is 0 Å². The van der Waals surface area contributed by atoms with E-state index < -0.39 is 35.9 Å². The first-order valence-electron chi connectivity index (χ1n) is 9.79. The molecule has 0 spiro atoms. The summed E-state index contributed by atoms with van der Waals surface area (Å²) >= 11 is 5.91. The third kappa shape index (κ3) is 4.48. The summed E-state index contributed by atoms with van der Waals surface area (Å²) in [6, 6.07) is 17.7. The quantitative estimate of drug-likeness (QED) is 0.490. The second-order valence-electron chi connectivity index (χ2n) is 7.79. The maximum atomic E-state index is 13.8. The van der Waals surface area contributed by atoms with Crippen LogP contribution in [0.5, 0.6) is 0 Å². The van der Waals surface area contributed by atoms with E-state index in [9.17, 15) is 22.8 Å². The third-order valence-corrected chi connectivity index (χ3v) is 5.67. The van der Waals surface area contributed by atoms with Gasteiger partial charge >= 0.3 is 0 Å². The van der Waals surface area contributed by atoms with Crippen LogP contribution in [0, 0.1) is 5.82 Å². The van der Waals surface area contributed by atoms with Crippen LogP contribution < -0.4 is 10.6 Å². The molecule has 0 bridgehead atoms. The summed E-state index contributed by atoms with van der Waals surface area (Å²) in [5.41, 5.74) is 0.113. The molecule has 1 fully saturated rings. The standard InChI is InChI=1S/C24H18ClF3N2O2/c25-17-3-1-2-15(12-17)21(31)29-19-8-4-16(5-9-19)23(13-24(27,28)14-23)22(32)30-20-10-6-18(26)7-11-20/h1-12H,13-14H2,(H,29,31)(H,30,32). The van der Waals surface area contributed by atoms with Crippen molar-refractivity contribution in [2.75, 3.05) is 10.6 Å². The molecular formula is C24H18ClF3N2O2. The van der Waals surface area contributed by atoms with Gasteiger partial charge in [-0.25, -0.2) is 13.2 Å². The van der Waals surface area contributed by atoms with Gasteiger partial charge in [0.25, 0.3) is 11.8 Å². The Kier molecular flexibility index (Phi) is 5.69. The lowest BCUT2D eigenvalue weighted by atomic mass is 9.61. The second kappa shape index (κ2) is 8.31. The van der Waals surface area contributed by atoms with Crippen molar-refractivity contribution in [2.24, 2.45) is 0 Å². The lowest BCUT2D eigenvalue weighted by Crippen LogP contribution is -2.56. The van der Waals surface area contributed by atoms with E-state index in [1.165, 1.54) is 30.3 Å². The first kappa shape index (κ1) is 21.9. The third-order valence-electron chi connectivity index (χ3n) is 5.44. The van der Waals surface area contributed by atoms with Crippen molar-refractivity contribution in [1.29, 1.82) is 0 Å². The smallest absolute Gasteiger partial charge is 0.255 e. The van der Waals surface area contributed by atoms with Crippen LogP contribution in [0.15, 0.2) is 72.8 Å². The summed E-state index contributed by atoms with van der Waals surface area (Å²) in [6.07, 6.45) is -1.28. The molecule has 0 atom stereocenters. The molecule has 3 aromatic carbocycles. The molecule has 0 aromatic heterocycles. The Labute approximate surface area is 187 Å². The van der Waals surface area contributed by atoms with Crippen LogP contribution in [0.1, 0.15) is 28.8 Å². The molecule has 2 N–H and O–H groups in total. The van der Waals surface area contributed by atoms with Crippen LogP contribution in [-0.2, 0) is 10.2 Å². The number of benzene rings is 3. The molecule has 4 rings (SSSR count). The molecule has 3 aromatic rings. The Morgan fingerprint density at radius 2 is 1.44 bits per heavy atom. The van der Waals surface area contributed by atoms with Crippen LogP contribution in [0.3, 0.4) is 0 Å². The Morgan fingerprint density at radius 1 is 0.844 bits per heavy atom. The van der Waals surface area contributed by atoms with E-state index in [2.05, 4.69) is 10.6 Å². The van der Waals surface area contributed by atoms with Gasteiger partial charge in [0.1, 0.15) is 5.82 Å². The highest BCUT2D eigenvalue weighted by atomic mass is 35.5. The lowest BCUT2D eigenvalue weighted by molar-refractivity contribution is -0.154. The van der Waals surface area contributed by atoms with Gasteiger partial charge in [-0.1, -0.05) is 29.8 Å². The molecule has 0 aliphatic heterocycles. The van der Waals surface area contributed by atoms with Crippen LogP contribution in [-0.4, -0.2) is 17.7 Å². The monoisotopic (exact) mass is 458 g/mol. The van der Waals surface area contributed by atoms with Gasteiger partial charge in [-0.15, -0.1) is 0 Å². The summed E-state index contributed by atoms with van der Waals surface area (Å²) in [7, 11) is 0. The summed E-state index contributed by atoms with van der Waals surface area (Å²) in [5.74, 6) is -4.40. The van der Waals surface area contributed by atoms with Crippen molar-refractivity contribution < 1.29 is 22.8 Å². The topological polar surface area (TPSA) is 58.2 Å². The highest BCUT2D eigenvalue weighted by Crippen LogP contribution is 2.54. The van der Waals surface area contributed by atoms with Crippen molar-refractivity contribution in [1.82, 2.24) is 0 Å². The van der Waals surface area contributed by atoms with E-state index in [0.29, 0.717) is 27.5 Å². The van der Waals surface area contributed by atoms with Gasteiger partial charge < -0.3 is 10.6 Å². The summed E-state index contributed by atoms with van der Waals surface area (Å²) < 4.78 is 40.8. The molecule has 2 amide bonds. The number of nitrogens with one attached hydrogen (secondary N) is 2. The number of carbonyl (C=O) groups is 2. The minimum absolute atomic E-state index is 0.316. The zero-order chi connectivity index (χ0) is 22.9. The lowest BCUT2D eigenvalue weighted by Gasteiger charge is -2.46. The first-order chi connectivity index (χ1) is 15.2. The molecule has 0 radical (unpaired) electrons. The van der Waals surface area contributed by atoms with Gasteiger partial charge in [0.15, 0.2) is 0 Å². The normalized spacial score (nSPS) is 16.0. The number of hydrogen-bond donors (Lipinski definition) is 2. The van der Waals surface area contributed by atoms with Gasteiger partial charge in [-0.3, -0.25) is 9.59 Å². The van der Waals surface area contributed by atoms with Crippen molar-refractivity contribution in [3.8, 4) is 0 Å². The highest BCUT2D eigenvalue weighted by Gasteiger charge is 2.61. The predicted molar refractivity (Wildman–Crippen MR) is 117 cm³/mol. The van der Waals surface area contributed by atoms with E-state index in [4.69, 9.17) is 11.6 Å². The maximum absolute atomic E-state index is 13.8. The van der Waals surface area contributed by atoms with Crippen LogP contribution >= 0.6 is 11.6 Å². The number of amides is 2. The van der Waals surface area contributed by atoms with Gasteiger partial charge in [0.2, 0.25) is 5.91 Å². The summed E-state index contributed by atoms with van der Waals surface area (Å²) in [4.78, 5) is 25.3.